The van der Waals surface area contributed by atoms with E-state index in [0.29, 0.717) is 11.6 Å². The number of nitrogens with two attached hydrogens (primary N) is 1. The predicted octanol–water partition coefficient (Wildman–Crippen LogP) is 4.53. The van der Waals surface area contributed by atoms with Crippen molar-refractivity contribution in [2.45, 2.75) is 17.6 Å². The van der Waals surface area contributed by atoms with E-state index in [1.807, 2.05) is 37.3 Å². The minimum atomic E-state index is 0.561. The van der Waals surface area contributed by atoms with Crippen molar-refractivity contribution in [3.05, 3.63) is 46.1 Å². The Hall–Kier alpha value is -1.30. The largest absolute Gasteiger partial charge is 0.383 e. The SMILES string of the molecule is Cc1cc2c(N)nc(CSc3ccc(Cl)cc3)nc2s1. The summed E-state index contributed by atoms with van der Waals surface area (Å²) in [6.45, 7) is 2.05. The van der Waals surface area contributed by atoms with Crippen molar-refractivity contribution in [2.75, 3.05) is 5.73 Å². The van der Waals surface area contributed by atoms with Gasteiger partial charge in [-0.3, -0.25) is 0 Å². The van der Waals surface area contributed by atoms with Gasteiger partial charge in [-0.05, 0) is 37.3 Å². The van der Waals surface area contributed by atoms with Crippen LogP contribution in [0.4, 0.5) is 5.82 Å². The summed E-state index contributed by atoms with van der Waals surface area (Å²) in [7, 11) is 0. The van der Waals surface area contributed by atoms with Gasteiger partial charge in [-0.2, -0.15) is 0 Å². The van der Waals surface area contributed by atoms with Crippen molar-refractivity contribution < 1.29 is 0 Å². The molecule has 0 aliphatic heterocycles. The van der Waals surface area contributed by atoms with Gasteiger partial charge < -0.3 is 5.73 Å². The molecule has 0 amide bonds. The van der Waals surface area contributed by atoms with Crippen LogP contribution in [-0.2, 0) is 5.75 Å². The molecule has 3 rings (SSSR count). The lowest BCUT2D eigenvalue weighted by molar-refractivity contribution is 1.08. The molecule has 0 fully saturated rings. The third-order valence-electron chi connectivity index (χ3n) is 2.77. The van der Waals surface area contributed by atoms with Crippen LogP contribution in [0.3, 0.4) is 0 Å². The number of aromatic nitrogens is 2. The number of nitrogens with zero attached hydrogens (tertiary/aromatic N) is 2. The summed E-state index contributed by atoms with van der Waals surface area (Å²) < 4.78 is 0. The van der Waals surface area contributed by atoms with Gasteiger partial charge in [-0.1, -0.05) is 11.6 Å². The van der Waals surface area contributed by atoms with E-state index in [4.69, 9.17) is 17.3 Å². The van der Waals surface area contributed by atoms with Crippen molar-refractivity contribution in [1.82, 2.24) is 9.97 Å². The molecule has 3 aromatic rings. The van der Waals surface area contributed by atoms with Gasteiger partial charge in [-0.15, -0.1) is 23.1 Å². The first-order chi connectivity index (χ1) is 9.61. The molecule has 0 aliphatic rings. The molecule has 2 N–H and O–H groups in total. The normalized spacial score (nSPS) is 11.1. The Balaban J connectivity index is 1.82. The van der Waals surface area contributed by atoms with Crippen LogP contribution < -0.4 is 5.73 Å². The number of thioether (sulfide) groups is 1. The van der Waals surface area contributed by atoms with Crippen LogP contribution in [0, 0.1) is 6.92 Å². The second kappa shape index (κ2) is 5.60. The number of benzene rings is 1. The first kappa shape index (κ1) is 13.7. The molecule has 20 heavy (non-hydrogen) atoms. The van der Waals surface area contributed by atoms with Gasteiger partial charge in [0.25, 0.3) is 0 Å². The Kier molecular flexibility index (Phi) is 3.83. The van der Waals surface area contributed by atoms with Gasteiger partial charge in [0, 0.05) is 14.8 Å². The van der Waals surface area contributed by atoms with E-state index >= 15 is 0 Å². The molecule has 0 aliphatic carbocycles. The van der Waals surface area contributed by atoms with E-state index in [2.05, 4.69) is 9.97 Å². The fraction of sp³-hybridized carbons (Fsp3) is 0.143. The lowest BCUT2D eigenvalue weighted by Crippen LogP contribution is -1.98. The molecular formula is C14H12ClN3S2. The highest BCUT2D eigenvalue weighted by molar-refractivity contribution is 7.98. The minimum absolute atomic E-state index is 0.561. The molecule has 0 bridgehead atoms. The van der Waals surface area contributed by atoms with Crippen LogP contribution in [0.2, 0.25) is 5.02 Å². The van der Waals surface area contributed by atoms with Gasteiger partial charge in [0.05, 0.1) is 11.1 Å². The van der Waals surface area contributed by atoms with E-state index in [1.54, 1.807) is 23.1 Å². The Morgan fingerprint density at radius 2 is 2.00 bits per heavy atom. The summed E-state index contributed by atoms with van der Waals surface area (Å²) in [5.74, 6) is 2.02. The first-order valence-corrected chi connectivity index (χ1v) is 8.21. The molecule has 2 heterocycles. The van der Waals surface area contributed by atoms with Crippen LogP contribution in [0.15, 0.2) is 35.2 Å². The lowest BCUT2D eigenvalue weighted by Gasteiger charge is -2.03. The number of thiophene rings is 1. The summed E-state index contributed by atoms with van der Waals surface area (Å²) in [5, 5.41) is 1.69. The van der Waals surface area contributed by atoms with E-state index in [9.17, 15) is 0 Å². The van der Waals surface area contributed by atoms with Crippen molar-refractivity contribution >= 4 is 50.7 Å². The highest BCUT2D eigenvalue weighted by Crippen LogP contribution is 2.29. The maximum atomic E-state index is 5.99. The molecule has 1 aromatic carbocycles. The summed E-state index contributed by atoms with van der Waals surface area (Å²) in [6.07, 6.45) is 0. The maximum absolute atomic E-state index is 5.99. The second-order valence-corrected chi connectivity index (χ2v) is 7.06. The Morgan fingerprint density at radius 3 is 2.75 bits per heavy atom. The lowest BCUT2D eigenvalue weighted by atomic mass is 10.3. The molecule has 0 spiro atoms. The average molecular weight is 322 g/mol. The van der Waals surface area contributed by atoms with Crippen LogP contribution in [0.1, 0.15) is 10.7 Å². The first-order valence-electron chi connectivity index (χ1n) is 6.03. The van der Waals surface area contributed by atoms with Crippen LogP contribution >= 0.6 is 34.7 Å². The third kappa shape index (κ3) is 2.90. The minimum Gasteiger partial charge on any atom is -0.383 e. The Labute approximate surface area is 130 Å². The molecule has 6 heteroatoms. The highest BCUT2D eigenvalue weighted by atomic mass is 35.5. The van der Waals surface area contributed by atoms with E-state index in [-0.39, 0.29) is 0 Å². The summed E-state index contributed by atoms with van der Waals surface area (Å²) in [4.78, 5) is 12.2. The average Bonchev–Trinajstić information content (AvgIpc) is 2.79. The maximum Gasteiger partial charge on any atom is 0.142 e. The molecule has 3 nitrogen and oxygen atoms in total. The smallest absolute Gasteiger partial charge is 0.142 e. The number of nitrogen functional groups attached to an aromatic ring is 1. The number of rotatable bonds is 3. The summed E-state index contributed by atoms with van der Waals surface area (Å²) >= 11 is 9.19. The van der Waals surface area contributed by atoms with Crippen molar-refractivity contribution in [1.29, 1.82) is 0 Å². The zero-order valence-corrected chi connectivity index (χ0v) is 13.1. The summed E-state index contributed by atoms with van der Waals surface area (Å²) in [5.41, 5.74) is 5.99. The van der Waals surface area contributed by atoms with E-state index in [0.717, 1.165) is 26.0 Å². The van der Waals surface area contributed by atoms with Crippen LogP contribution in [-0.4, -0.2) is 9.97 Å². The molecule has 2 aromatic heterocycles. The van der Waals surface area contributed by atoms with Gasteiger partial charge in [0.2, 0.25) is 0 Å². The van der Waals surface area contributed by atoms with Gasteiger partial charge in [-0.25, -0.2) is 9.97 Å². The van der Waals surface area contributed by atoms with Gasteiger partial charge in [0.1, 0.15) is 16.5 Å². The van der Waals surface area contributed by atoms with E-state index < -0.39 is 0 Å². The fourth-order valence-electron chi connectivity index (χ4n) is 1.85. The molecule has 0 saturated heterocycles. The standard InChI is InChI=1S/C14H12ClN3S2/c1-8-6-11-13(16)17-12(18-14(11)20-8)7-19-10-4-2-9(15)3-5-10/h2-6H,7H2,1H3,(H2,16,17,18). The monoisotopic (exact) mass is 321 g/mol. The molecule has 0 unspecified atom stereocenters. The predicted molar refractivity (Wildman–Crippen MR) is 87.6 cm³/mol. The Bertz CT molecular complexity index is 753. The number of hydrogen-bond acceptors (Lipinski definition) is 5. The van der Waals surface area contributed by atoms with Crippen molar-refractivity contribution in [3.8, 4) is 0 Å². The topological polar surface area (TPSA) is 51.8 Å². The second-order valence-electron chi connectivity index (χ2n) is 4.34. The molecule has 0 atom stereocenters. The molecule has 0 saturated carbocycles. The van der Waals surface area contributed by atoms with Crippen molar-refractivity contribution in [3.63, 3.8) is 0 Å². The molecule has 0 radical (unpaired) electrons. The number of hydrogen-bond donors (Lipinski definition) is 1. The van der Waals surface area contributed by atoms with Crippen LogP contribution in [0.5, 0.6) is 0 Å². The molecular weight excluding hydrogens is 310 g/mol. The zero-order chi connectivity index (χ0) is 14.1. The summed E-state index contributed by atoms with van der Waals surface area (Å²) in [6, 6.07) is 9.77. The van der Waals surface area contributed by atoms with E-state index in [1.165, 1.54) is 4.88 Å². The number of halogens is 1. The quantitative estimate of drug-likeness (QED) is 0.720. The zero-order valence-electron chi connectivity index (χ0n) is 10.8. The highest BCUT2D eigenvalue weighted by Gasteiger charge is 2.08. The van der Waals surface area contributed by atoms with Crippen molar-refractivity contribution in [2.24, 2.45) is 0 Å². The number of anilines is 1. The van der Waals surface area contributed by atoms with Gasteiger partial charge >= 0.3 is 0 Å². The van der Waals surface area contributed by atoms with Gasteiger partial charge in [0.15, 0.2) is 0 Å². The van der Waals surface area contributed by atoms with Crippen LogP contribution in [0.25, 0.3) is 10.2 Å². The third-order valence-corrected chi connectivity index (χ3v) is 4.98. The molecule has 102 valence electrons. The Morgan fingerprint density at radius 1 is 1.25 bits per heavy atom. The number of fused-ring (bicyclic) bond motifs is 1. The fourth-order valence-corrected chi connectivity index (χ4v) is 3.64. The number of aryl methyl sites for hydroxylation is 1.